The highest BCUT2D eigenvalue weighted by Crippen LogP contribution is 2.18. The Morgan fingerprint density at radius 2 is 1.88 bits per heavy atom. The molecule has 1 aliphatic rings. The molecule has 94 valence electrons. The molecule has 16 heavy (non-hydrogen) atoms. The van der Waals surface area contributed by atoms with Crippen molar-refractivity contribution < 1.29 is 9.53 Å². The van der Waals surface area contributed by atoms with Crippen LogP contribution < -0.4 is 0 Å². The summed E-state index contributed by atoms with van der Waals surface area (Å²) in [6, 6.07) is 0. The molecule has 1 amide bonds. The van der Waals surface area contributed by atoms with Crippen molar-refractivity contribution in [1.29, 1.82) is 0 Å². The van der Waals surface area contributed by atoms with E-state index in [1.54, 1.807) is 0 Å². The minimum absolute atomic E-state index is 0.173. The number of hydrogen-bond donors (Lipinski definition) is 0. The van der Waals surface area contributed by atoms with Gasteiger partial charge >= 0.3 is 0 Å². The molecule has 1 saturated heterocycles. The number of carbonyl (C=O) groups excluding carboxylic acids is 1. The Hall–Kier alpha value is -0.570. The Kier molecular flexibility index (Phi) is 5.26. The fourth-order valence-electron chi connectivity index (χ4n) is 2.47. The summed E-state index contributed by atoms with van der Waals surface area (Å²) in [5, 5.41) is 0. The third kappa shape index (κ3) is 3.48. The predicted molar refractivity (Wildman–Crippen MR) is 65.3 cm³/mol. The van der Waals surface area contributed by atoms with Gasteiger partial charge in [-0.3, -0.25) is 4.79 Å². The Morgan fingerprint density at radius 1 is 1.31 bits per heavy atom. The molecule has 0 radical (unpaired) electrons. The molecule has 0 aromatic heterocycles. The zero-order valence-electron chi connectivity index (χ0n) is 11.0. The Balaban J connectivity index is 2.57. The van der Waals surface area contributed by atoms with Gasteiger partial charge in [-0.05, 0) is 26.7 Å². The lowest BCUT2D eigenvalue weighted by atomic mass is 9.98. The van der Waals surface area contributed by atoms with E-state index in [-0.39, 0.29) is 18.1 Å². The van der Waals surface area contributed by atoms with E-state index in [0.717, 1.165) is 32.4 Å². The highest BCUT2D eigenvalue weighted by Gasteiger charge is 2.29. The zero-order chi connectivity index (χ0) is 12.1. The highest BCUT2D eigenvalue weighted by molar-refractivity contribution is 5.79. The van der Waals surface area contributed by atoms with E-state index < -0.39 is 0 Å². The molecular weight excluding hydrogens is 202 g/mol. The van der Waals surface area contributed by atoms with Crippen molar-refractivity contribution >= 4 is 5.91 Å². The largest absolute Gasteiger partial charge is 0.372 e. The summed E-state index contributed by atoms with van der Waals surface area (Å²) in [5.41, 5.74) is 0. The smallest absolute Gasteiger partial charge is 0.225 e. The van der Waals surface area contributed by atoms with E-state index in [1.165, 1.54) is 0 Å². The standard InChI is InChI=1S/C13H25NO2/c1-5-7-12(6-2)13(15)14-8-10(3)16-11(4)9-14/h10-12H,5-9H2,1-4H3. The van der Waals surface area contributed by atoms with Gasteiger partial charge in [-0.25, -0.2) is 0 Å². The number of ether oxygens (including phenoxy) is 1. The van der Waals surface area contributed by atoms with Gasteiger partial charge in [-0.2, -0.15) is 0 Å². The first-order valence-electron chi connectivity index (χ1n) is 6.52. The van der Waals surface area contributed by atoms with Crippen LogP contribution in [0.25, 0.3) is 0 Å². The van der Waals surface area contributed by atoms with Gasteiger partial charge in [-0.1, -0.05) is 20.3 Å². The van der Waals surface area contributed by atoms with E-state index in [1.807, 2.05) is 18.7 Å². The van der Waals surface area contributed by atoms with Gasteiger partial charge in [0, 0.05) is 19.0 Å². The highest BCUT2D eigenvalue weighted by atomic mass is 16.5. The van der Waals surface area contributed by atoms with Crippen molar-refractivity contribution in [2.24, 2.45) is 5.92 Å². The van der Waals surface area contributed by atoms with Crippen LogP contribution in [0, 0.1) is 5.92 Å². The number of carbonyl (C=O) groups is 1. The lowest BCUT2D eigenvalue weighted by Crippen LogP contribution is -2.50. The summed E-state index contributed by atoms with van der Waals surface area (Å²) >= 11 is 0. The molecule has 1 fully saturated rings. The van der Waals surface area contributed by atoms with Crippen LogP contribution in [-0.2, 0) is 9.53 Å². The van der Waals surface area contributed by atoms with E-state index in [9.17, 15) is 4.79 Å². The molecule has 1 heterocycles. The average Bonchev–Trinajstić information content (AvgIpc) is 2.23. The molecule has 3 unspecified atom stereocenters. The topological polar surface area (TPSA) is 29.5 Å². The lowest BCUT2D eigenvalue weighted by Gasteiger charge is -2.37. The zero-order valence-corrected chi connectivity index (χ0v) is 11.0. The second-order valence-corrected chi connectivity index (χ2v) is 4.89. The van der Waals surface area contributed by atoms with Crippen molar-refractivity contribution in [3.8, 4) is 0 Å². The summed E-state index contributed by atoms with van der Waals surface area (Å²) < 4.78 is 5.65. The minimum Gasteiger partial charge on any atom is -0.372 e. The van der Waals surface area contributed by atoms with Crippen LogP contribution in [0.4, 0.5) is 0 Å². The minimum atomic E-state index is 0.173. The Labute approximate surface area is 99.1 Å². The number of amides is 1. The number of nitrogens with zero attached hydrogens (tertiary/aromatic N) is 1. The Morgan fingerprint density at radius 3 is 2.31 bits per heavy atom. The normalized spacial score (nSPS) is 27.9. The van der Waals surface area contributed by atoms with Gasteiger partial charge in [0.05, 0.1) is 12.2 Å². The van der Waals surface area contributed by atoms with Crippen molar-refractivity contribution in [3.63, 3.8) is 0 Å². The number of rotatable bonds is 4. The SMILES string of the molecule is CCCC(CC)C(=O)N1CC(C)OC(C)C1. The first kappa shape index (κ1) is 13.5. The van der Waals surface area contributed by atoms with E-state index in [4.69, 9.17) is 4.74 Å². The molecular formula is C13H25NO2. The summed E-state index contributed by atoms with van der Waals surface area (Å²) in [6.07, 6.45) is 3.39. The molecule has 1 aliphatic heterocycles. The molecule has 0 saturated carbocycles. The maximum Gasteiger partial charge on any atom is 0.225 e. The van der Waals surface area contributed by atoms with Crippen LogP contribution in [0.1, 0.15) is 47.0 Å². The van der Waals surface area contributed by atoms with Gasteiger partial charge < -0.3 is 9.64 Å². The van der Waals surface area contributed by atoms with E-state index in [2.05, 4.69) is 13.8 Å². The first-order valence-corrected chi connectivity index (χ1v) is 6.52. The van der Waals surface area contributed by atoms with Crippen molar-refractivity contribution in [3.05, 3.63) is 0 Å². The van der Waals surface area contributed by atoms with Gasteiger partial charge in [0.2, 0.25) is 5.91 Å². The first-order chi connectivity index (χ1) is 7.58. The second-order valence-electron chi connectivity index (χ2n) is 4.89. The molecule has 3 heteroatoms. The Bertz CT molecular complexity index is 220. The maximum absolute atomic E-state index is 12.3. The molecule has 0 spiro atoms. The van der Waals surface area contributed by atoms with Crippen LogP contribution >= 0.6 is 0 Å². The van der Waals surface area contributed by atoms with Gasteiger partial charge in [0.15, 0.2) is 0 Å². The summed E-state index contributed by atoms with van der Waals surface area (Å²) in [4.78, 5) is 14.3. The third-order valence-electron chi connectivity index (χ3n) is 3.21. The molecule has 0 N–H and O–H groups in total. The predicted octanol–water partition coefficient (Wildman–Crippen LogP) is 2.45. The van der Waals surface area contributed by atoms with E-state index in [0.29, 0.717) is 5.91 Å². The fraction of sp³-hybridized carbons (Fsp3) is 0.923. The molecule has 0 bridgehead atoms. The third-order valence-corrected chi connectivity index (χ3v) is 3.21. The molecule has 1 rings (SSSR count). The van der Waals surface area contributed by atoms with Crippen LogP contribution in [0.15, 0.2) is 0 Å². The van der Waals surface area contributed by atoms with Gasteiger partial charge in [-0.15, -0.1) is 0 Å². The molecule has 0 aromatic rings. The van der Waals surface area contributed by atoms with Crippen molar-refractivity contribution in [1.82, 2.24) is 4.90 Å². The van der Waals surface area contributed by atoms with Crippen LogP contribution in [-0.4, -0.2) is 36.1 Å². The second kappa shape index (κ2) is 6.24. The van der Waals surface area contributed by atoms with Crippen LogP contribution in [0.3, 0.4) is 0 Å². The molecule has 3 nitrogen and oxygen atoms in total. The van der Waals surface area contributed by atoms with Crippen molar-refractivity contribution in [2.45, 2.75) is 59.2 Å². The molecule has 0 aromatic carbocycles. The van der Waals surface area contributed by atoms with Crippen LogP contribution in [0.5, 0.6) is 0 Å². The monoisotopic (exact) mass is 227 g/mol. The quantitative estimate of drug-likeness (QED) is 0.738. The maximum atomic E-state index is 12.3. The summed E-state index contributed by atoms with van der Waals surface area (Å²) in [6.45, 7) is 9.83. The average molecular weight is 227 g/mol. The number of morpholine rings is 1. The summed E-state index contributed by atoms with van der Waals surface area (Å²) in [7, 11) is 0. The molecule has 3 atom stereocenters. The number of hydrogen-bond acceptors (Lipinski definition) is 2. The fourth-order valence-corrected chi connectivity index (χ4v) is 2.47. The lowest BCUT2D eigenvalue weighted by molar-refractivity contribution is -0.147. The van der Waals surface area contributed by atoms with Gasteiger partial charge in [0.25, 0.3) is 0 Å². The van der Waals surface area contributed by atoms with E-state index >= 15 is 0 Å². The van der Waals surface area contributed by atoms with Crippen LogP contribution in [0.2, 0.25) is 0 Å². The van der Waals surface area contributed by atoms with Gasteiger partial charge in [0.1, 0.15) is 0 Å². The van der Waals surface area contributed by atoms with Crippen molar-refractivity contribution in [2.75, 3.05) is 13.1 Å². The summed E-state index contributed by atoms with van der Waals surface area (Å²) in [5.74, 6) is 0.536. The molecule has 0 aliphatic carbocycles.